The zero-order valence-electron chi connectivity index (χ0n) is 11.2. The molecule has 2 rings (SSSR count). The van der Waals surface area contributed by atoms with Gasteiger partial charge in [-0.15, -0.1) is 0 Å². The van der Waals surface area contributed by atoms with Gasteiger partial charge in [-0.2, -0.15) is 13.2 Å². The van der Waals surface area contributed by atoms with E-state index in [2.05, 4.69) is 15.9 Å². The second kappa shape index (κ2) is 5.56. The van der Waals surface area contributed by atoms with Crippen molar-refractivity contribution in [1.29, 1.82) is 0 Å². The van der Waals surface area contributed by atoms with Crippen molar-refractivity contribution in [3.05, 3.63) is 27.7 Å². The quantitative estimate of drug-likeness (QED) is 0.883. The van der Waals surface area contributed by atoms with E-state index in [0.717, 1.165) is 31.7 Å². The Morgan fingerprint density at radius 3 is 2.35 bits per heavy atom. The number of methoxy groups -OCH3 is 1. The third kappa shape index (κ3) is 2.68. The van der Waals surface area contributed by atoms with Crippen LogP contribution in [-0.4, -0.2) is 13.7 Å². The van der Waals surface area contributed by atoms with Crippen molar-refractivity contribution in [2.45, 2.75) is 37.3 Å². The van der Waals surface area contributed by atoms with Crippen LogP contribution in [-0.2, 0) is 11.6 Å². The number of ether oxygens (including phenoxy) is 1. The van der Waals surface area contributed by atoms with Gasteiger partial charge in [0, 0.05) is 22.0 Å². The van der Waals surface area contributed by atoms with E-state index >= 15 is 0 Å². The van der Waals surface area contributed by atoms with Crippen molar-refractivity contribution in [3.8, 4) is 5.75 Å². The minimum Gasteiger partial charge on any atom is -0.496 e. The predicted molar refractivity (Wildman–Crippen MR) is 74.9 cm³/mol. The summed E-state index contributed by atoms with van der Waals surface area (Å²) in [7, 11) is 1.28. The van der Waals surface area contributed by atoms with Gasteiger partial charge in [-0.05, 0) is 25.0 Å². The van der Waals surface area contributed by atoms with E-state index in [9.17, 15) is 13.2 Å². The molecule has 1 fully saturated rings. The van der Waals surface area contributed by atoms with Crippen molar-refractivity contribution >= 4 is 15.9 Å². The Balaban J connectivity index is 2.66. The molecule has 112 valence electrons. The van der Waals surface area contributed by atoms with Gasteiger partial charge in [0.05, 0.1) is 12.7 Å². The molecule has 0 saturated heterocycles. The number of nitrogens with two attached hydrogens (primary N) is 1. The van der Waals surface area contributed by atoms with Crippen LogP contribution in [0.3, 0.4) is 0 Å². The van der Waals surface area contributed by atoms with Crippen LogP contribution in [0.2, 0.25) is 0 Å². The summed E-state index contributed by atoms with van der Waals surface area (Å²) in [6.07, 6.45) is -0.887. The number of hydrogen-bond donors (Lipinski definition) is 1. The van der Waals surface area contributed by atoms with Crippen molar-refractivity contribution in [2.24, 2.45) is 5.73 Å². The van der Waals surface area contributed by atoms with Crippen molar-refractivity contribution < 1.29 is 17.9 Å². The van der Waals surface area contributed by atoms with Gasteiger partial charge in [-0.1, -0.05) is 28.8 Å². The molecule has 2 N–H and O–H groups in total. The molecule has 1 aromatic rings. The normalized spacial score (nSPS) is 18.3. The van der Waals surface area contributed by atoms with Gasteiger partial charge in [0.25, 0.3) is 0 Å². The molecule has 1 aliphatic carbocycles. The molecule has 6 heteroatoms. The minimum atomic E-state index is -4.45. The molecule has 0 heterocycles. The Morgan fingerprint density at radius 1 is 1.30 bits per heavy atom. The molecule has 0 amide bonds. The zero-order valence-corrected chi connectivity index (χ0v) is 12.8. The number of hydrogen-bond acceptors (Lipinski definition) is 2. The molecule has 0 unspecified atom stereocenters. The highest BCUT2D eigenvalue weighted by molar-refractivity contribution is 9.10. The Bertz CT molecular complexity index is 496. The molecule has 2 nitrogen and oxygen atoms in total. The van der Waals surface area contributed by atoms with Crippen molar-refractivity contribution in [3.63, 3.8) is 0 Å². The monoisotopic (exact) mass is 351 g/mol. The lowest BCUT2D eigenvalue weighted by atomic mass is 9.77. The maximum absolute atomic E-state index is 13.2. The number of alkyl halides is 3. The second-order valence-electron chi connectivity index (χ2n) is 5.22. The first-order valence-electron chi connectivity index (χ1n) is 6.49. The fourth-order valence-electron chi connectivity index (χ4n) is 3.05. The number of halogens is 4. The highest BCUT2D eigenvalue weighted by Crippen LogP contribution is 2.49. The highest BCUT2D eigenvalue weighted by atomic mass is 79.9. The third-order valence-electron chi connectivity index (χ3n) is 4.09. The molecular formula is C14H17BrF3NO. The van der Waals surface area contributed by atoms with Crippen LogP contribution in [0.1, 0.15) is 36.8 Å². The average Bonchev–Trinajstić information content (AvgIpc) is 2.86. The molecule has 1 aromatic carbocycles. The first kappa shape index (κ1) is 15.6. The van der Waals surface area contributed by atoms with Crippen LogP contribution < -0.4 is 10.5 Å². The lowest BCUT2D eigenvalue weighted by Crippen LogP contribution is -2.33. The van der Waals surface area contributed by atoms with Crippen LogP contribution >= 0.6 is 15.9 Å². The van der Waals surface area contributed by atoms with E-state index in [1.54, 1.807) is 6.07 Å². The van der Waals surface area contributed by atoms with Gasteiger partial charge in [0.1, 0.15) is 5.75 Å². The lowest BCUT2D eigenvalue weighted by Gasteiger charge is -2.31. The van der Waals surface area contributed by atoms with E-state index < -0.39 is 17.2 Å². The molecule has 0 aliphatic heterocycles. The third-order valence-corrected chi connectivity index (χ3v) is 4.54. The summed E-state index contributed by atoms with van der Waals surface area (Å²) in [5, 5.41) is 0. The summed E-state index contributed by atoms with van der Waals surface area (Å²) in [6.45, 7) is 0.330. The van der Waals surface area contributed by atoms with E-state index in [0.29, 0.717) is 16.6 Å². The summed E-state index contributed by atoms with van der Waals surface area (Å²) >= 11 is 3.17. The summed E-state index contributed by atoms with van der Waals surface area (Å²) in [6, 6.07) is 2.77. The topological polar surface area (TPSA) is 35.2 Å². The Labute approximate surface area is 124 Å². The lowest BCUT2D eigenvalue weighted by molar-refractivity contribution is -0.138. The van der Waals surface area contributed by atoms with Gasteiger partial charge >= 0.3 is 6.18 Å². The van der Waals surface area contributed by atoms with Crippen LogP contribution in [0, 0.1) is 0 Å². The van der Waals surface area contributed by atoms with Gasteiger partial charge < -0.3 is 10.5 Å². The smallest absolute Gasteiger partial charge is 0.420 e. The highest BCUT2D eigenvalue weighted by Gasteiger charge is 2.42. The Kier molecular flexibility index (Phi) is 4.35. The van der Waals surface area contributed by atoms with Crippen LogP contribution in [0.5, 0.6) is 5.75 Å². The van der Waals surface area contributed by atoms with E-state index in [-0.39, 0.29) is 5.75 Å². The van der Waals surface area contributed by atoms with Gasteiger partial charge in [-0.25, -0.2) is 0 Å². The second-order valence-corrected chi connectivity index (χ2v) is 6.14. The Morgan fingerprint density at radius 2 is 1.90 bits per heavy atom. The largest absolute Gasteiger partial charge is 0.496 e. The fourth-order valence-corrected chi connectivity index (χ4v) is 3.51. The van der Waals surface area contributed by atoms with Gasteiger partial charge in [-0.3, -0.25) is 0 Å². The maximum Gasteiger partial charge on any atom is 0.420 e. The predicted octanol–water partition coefficient (Wildman–Crippen LogP) is 4.25. The van der Waals surface area contributed by atoms with Crippen LogP contribution in [0.25, 0.3) is 0 Å². The standard InChI is InChI=1S/C14H17BrF3NO/c1-20-12-10(13(8-19)4-2-3-5-13)6-9(15)7-11(12)14(16,17)18/h6-7H,2-5,8,19H2,1H3. The molecule has 1 saturated carbocycles. The van der Waals surface area contributed by atoms with Crippen molar-refractivity contribution in [2.75, 3.05) is 13.7 Å². The fraction of sp³-hybridized carbons (Fsp3) is 0.571. The molecule has 1 aliphatic rings. The first-order chi connectivity index (χ1) is 9.34. The molecule has 0 spiro atoms. The van der Waals surface area contributed by atoms with Gasteiger partial charge in [0.2, 0.25) is 0 Å². The van der Waals surface area contributed by atoms with E-state index in [4.69, 9.17) is 10.5 Å². The number of benzene rings is 1. The Hall–Kier alpha value is -0.750. The van der Waals surface area contributed by atoms with Crippen LogP contribution in [0.4, 0.5) is 13.2 Å². The molecule has 20 heavy (non-hydrogen) atoms. The maximum atomic E-state index is 13.2. The van der Waals surface area contributed by atoms with Crippen LogP contribution in [0.15, 0.2) is 16.6 Å². The summed E-state index contributed by atoms with van der Waals surface area (Å²) in [5.41, 5.74) is 5.30. The SMILES string of the molecule is COc1c(C(F)(F)F)cc(Br)cc1C1(CN)CCCC1. The van der Waals surface area contributed by atoms with E-state index in [1.165, 1.54) is 7.11 Å². The van der Waals surface area contributed by atoms with E-state index in [1.807, 2.05) is 0 Å². The van der Waals surface area contributed by atoms with Crippen molar-refractivity contribution in [1.82, 2.24) is 0 Å². The summed E-state index contributed by atoms with van der Waals surface area (Å²) in [4.78, 5) is 0. The average molecular weight is 352 g/mol. The summed E-state index contributed by atoms with van der Waals surface area (Å²) < 4.78 is 45.0. The first-order valence-corrected chi connectivity index (χ1v) is 7.28. The molecular weight excluding hydrogens is 335 g/mol. The zero-order chi connectivity index (χ0) is 15.0. The van der Waals surface area contributed by atoms with Gasteiger partial charge in [0.15, 0.2) is 0 Å². The summed E-state index contributed by atoms with van der Waals surface area (Å²) in [5.74, 6) is -0.0898. The molecule has 0 atom stereocenters. The number of rotatable bonds is 3. The molecule has 0 radical (unpaired) electrons. The molecule has 0 aromatic heterocycles. The molecule has 0 bridgehead atoms. The minimum absolute atomic E-state index is 0.0898.